The second-order valence-corrected chi connectivity index (χ2v) is 3.16. The smallest absolute Gasteiger partial charge is 0.192 e. The molecule has 1 rings (SSSR count). The maximum Gasteiger partial charge on any atom is 0.416 e. The van der Waals surface area contributed by atoms with Gasteiger partial charge in [-0.1, -0.05) is 11.6 Å². The summed E-state index contributed by atoms with van der Waals surface area (Å²) in [7, 11) is 0. The summed E-state index contributed by atoms with van der Waals surface area (Å²) in [6.07, 6.45) is -4.43. The van der Waals surface area contributed by atoms with E-state index in [1.54, 1.807) is 6.07 Å². The number of alkyl halides is 3. The normalized spacial score (nSPS) is 11.1. The fourth-order valence-corrected chi connectivity index (χ4v) is 1.28. The topological polar surface area (TPSA) is 23.8 Å². The zero-order valence-electron chi connectivity index (χ0n) is 7.11. The number of rotatable bonds is 0. The van der Waals surface area contributed by atoms with E-state index < -0.39 is 11.7 Å². The quantitative estimate of drug-likeness (QED) is 0.655. The van der Waals surface area contributed by atoms with Crippen molar-refractivity contribution in [1.82, 2.24) is 0 Å². The van der Waals surface area contributed by atoms with Crippen molar-refractivity contribution in [1.29, 1.82) is 5.26 Å². The van der Waals surface area contributed by atoms with Crippen LogP contribution in [-0.4, -0.2) is 0 Å². The molecule has 0 unspecified atom stereocenters. The van der Waals surface area contributed by atoms with E-state index in [0.29, 0.717) is 0 Å². The summed E-state index contributed by atoms with van der Waals surface area (Å²) in [6, 6.07) is 3.62. The van der Waals surface area contributed by atoms with Gasteiger partial charge in [0.15, 0.2) is 0 Å². The zero-order chi connectivity index (χ0) is 10.9. The highest BCUT2D eigenvalue weighted by Crippen LogP contribution is 2.34. The lowest BCUT2D eigenvalue weighted by atomic mass is 10.1. The number of hydrogen-bond donors (Lipinski definition) is 0. The molecule has 0 N–H and O–H groups in total. The first-order valence-electron chi connectivity index (χ1n) is 3.63. The first kappa shape index (κ1) is 10.9. The van der Waals surface area contributed by atoms with Crippen molar-refractivity contribution in [3.63, 3.8) is 0 Å². The van der Waals surface area contributed by atoms with Gasteiger partial charge in [-0.05, 0) is 24.6 Å². The Morgan fingerprint density at radius 2 is 1.93 bits per heavy atom. The van der Waals surface area contributed by atoms with Gasteiger partial charge in [0.25, 0.3) is 0 Å². The minimum atomic E-state index is -4.43. The van der Waals surface area contributed by atoms with Crippen molar-refractivity contribution < 1.29 is 13.2 Å². The Kier molecular flexibility index (Phi) is 2.72. The highest BCUT2D eigenvalue weighted by Gasteiger charge is 2.32. The second kappa shape index (κ2) is 3.50. The molecule has 0 aliphatic carbocycles. The molecule has 0 aliphatic rings. The highest BCUT2D eigenvalue weighted by molar-refractivity contribution is 6.31. The molecule has 0 atom stereocenters. The summed E-state index contributed by atoms with van der Waals surface area (Å²) in [5.41, 5.74) is -0.753. The largest absolute Gasteiger partial charge is 0.416 e. The van der Waals surface area contributed by atoms with Crippen LogP contribution < -0.4 is 0 Å². The molecule has 74 valence electrons. The third-order valence-corrected chi connectivity index (χ3v) is 2.05. The Hall–Kier alpha value is -1.21. The van der Waals surface area contributed by atoms with Crippen LogP contribution in [0.15, 0.2) is 12.1 Å². The molecule has 1 aromatic rings. The van der Waals surface area contributed by atoms with E-state index in [0.717, 1.165) is 12.1 Å². The average Bonchev–Trinajstić information content (AvgIpc) is 2.06. The highest BCUT2D eigenvalue weighted by atomic mass is 35.5. The van der Waals surface area contributed by atoms with E-state index in [9.17, 15) is 13.2 Å². The molecule has 0 aromatic heterocycles. The molecule has 1 aromatic carbocycles. The van der Waals surface area contributed by atoms with E-state index in [1.165, 1.54) is 6.92 Å². The van der Waals surface area contributed by atoms with Gasteiger partial charge in [0.05, 0.1) is 16.1 Å². The maximum atomic E-state index is 12.3. The number of hydrogen-bond acceptors (Lipinski definition) is 1. The van der Waals surface area contributed by atoms with Gasteiger partial charge >= 0.3 is 6.18 Å². The van der Waals surface area contributed by atoms with Gasteiger partial charge in [-0.2, -0.15) is 18.4 Å². The predicted octanol–water partition coefficient (Wildman–Crippen LogP) is 3.54. The van der Waals surface area contributed by atoms with Crippen LogP contribution in [0, 0.1) is 18.3 Å². The molecular weight excluding hydrogens is 215 g/mol. The molecule has 1 nitrogen and oxygen atoms in total. The van der Waals surface area contributed by atoms with Crippen LogP contribution in [0.5, 0.6) is 0 Å². The lowest BCUT2D eigenvalue weighted by molar-refractivity contribution is -0.138. The standard InChI is InChI=1S/C9H5ClF3N/c1-5-2-6(4-14)8(10)3-7(5)9(11,12)13/h2-3H,1H3. The van der Waals surface area contributed by atoms with Gasteiger partial charge in [-0.15, -0.1) is 0 Å². The molecule has 0 amide bonds. The average molecular weight is 220 g/mol. The van der Waals surface area contributed by atoms with Gasteiger partial charge < -0.3 is 0 Å². The van der Waals surface area contributed by atoms with Crippen molar-refractivity contribution in [2.45, 2.75) is 13.1 Å². The number of halogens is 4. The fraction of sp³-hybridized carbons (Fsp3) is 0.222. The van der Waals surface area contributed by atoms with Crippen LogP contribution in [-0.2, 0) is 6.18 Å². The van der Waals surface area contributed by atoms with E-state index in [-0.39, 0.29) is 16.1 Å². The van der Waals surface area contributed by atoms with E-state index in [4.69, 9.17) is 16.9 Å². The Bertz CT molecular complexity index is 404. The van der Waals surface area contributed by atoms with Crippen molar-refractivity contribution in [3.05, 3.63) is 33.8 Å². The third-order valence-electron chi connectivity index (χ3n) is 1.74. The Balaban J connectivity index is 3.38. The van der Waals surface area contributed by atoms with Crippen LogP contribution >= 0.6 is 11.6 Å². The van der Waals surface area contributed by atoms with E-state index >= 15 is 0 Å². The Labute approximate surface area is 83.7 Å². The second-order valence-electron chi connectivity index (χ2n) is 2.76. The molecule has 0 spiro atoms. The molecule has 0 fully saturated rings. The van der Waals surface area contributed by atoms with Crippen LogP contribution in [0.1, 0.15) is 16.7 Å². The summed E-state index contributed by atoms with van der Waals surface area (Å²) in [5, 5.41) is 8.35. The molecule has 0 saturated carbocycles. The minimum absolute atomic E-state index is 0.00144. The van der Waals surface area contributed by atoms with Crippen molar-refractivity contribution in [3.8, 4) is 6.07 Å². The van der Waals surface area contributed by atoms with Gasteiger partial charge in [-0.3, -0.25) is 0 Å². The van der Waals surface area contributed by atoms with Crippen molar-refractivity contribution in [2.24, 2.45) is 0 Å². The van der Waals surface area contributed by atoms with Crippen LogP contribution in [0.2, 0.25) is 5.02 Å². The summed E-state index contributed by atoms with van der Waals surface area (Å²) in [4.78, 5) is 0. The molecule has 0 saturated heterocycles. The molecule has 0 aliphatic heterocycles. The first-order valence-corrected chi connectivity index (χ1v) is 4.01. The molecule has 0 heterocycles. The molecule has 5 heteroatoms. The third kappa shape index (κ3) is 1.99. The SMILES string of the molecule is Cc1cc(C#N)c(Cl)cc1C(F)(F)F. The Morgan fingerprint density at radius 3 is 2.36 bits per heavy atom. The lowest BCUT2D eigenvalue weighted by Gasteiger charge is -2.10. The van der Waals surface area contributed by atoms with E-state index in [2.05, 4.69) is 0 Å². The predicted molar refractivity (Wildman–Crippen MR) is 45.9 cm³/mol. The van der Waals surface area contributed by atoms with Crippen molar-refractivity contribution in [2.75, 3.05) is 0 Å². The molecule has 14 heavy (non-hydrogen) atoms. The summed E-state index contributed by atoms with van der Waals surface area (Å²) in [6.45, 7) is 1.29. The van der Waals surface area contributed by atoms with Gasteiger partial charge in [0.2, 0.25) is 0 Å². The number of aryl methyl sites for hydroxylation is 1. The monoisotopic (exact) mass is 219 g/mol. The van der Waals surface area contributed by atoms with Crippen LogP contribution in [0.4, 0.5) is 13.2 Å². The van der Waals surface area contributed by atoms with E-state index in [1.807, 2.05) is 0 Å². The van der Waals surface area contributed by atoms with Gasteiger partial charge in [0.1, 0.15) is 6.07 Å². The fourth-order valence-electron chi connectivity index (χ4n) is 1.07. The summed E-state index contributed by atoms with van der Waals surface area (Å²) < 4.78 is 37.0. The van der Waals surface area contributed by atoms with Crippen LogP contribution in [0.25, 0.3) is 0 Å². The molecule has 0 radical (unpaired) electrons. The summed E-state index contributed by atoms with van der Waals surface area (Å²) >= 11 is 5.49. The van der Waals surface area contributed by atoms with Crippen molar-refractivity contribution >= 4 is 11.6 Å². The van der Waals surface area contributed by atoms with Gasteiger partial charge in [-0.25, -0.2) is 0 Å². The van der Waals surface area contributed by atoms with Crippen LogP contribution in [0.3, 0.4) is 0 Å². The lowest BCUT2D eigenvalue weighted by Crippen LogP contribution is -2.07. The number of nitriles is 1. The molecule has 0 bridgehead atoms. The number of benzene rings is 1. The van der Waals surface area contributed by atoms with Gasteiger partial charge in [0, 0.05) is 0 Å². The minimum Gasteiger partial charge on any atom is -0.192 e. The first-order chi connectivity index (χ1) is 6.36. The zero-order valence-corrected chi connectivity index (χ0v) is 7.87. The number of nitrogens with zero attached hydrogens (tertiary/aromatic N) is 1. The maximum absolute atomic E-state index is 12.3. The Morgan fingerprint density at radius 1 is 1.36 bits per heavy atom. The molecular formula is C9H5ClF3N. The summed E-state index contributed by atoms with van der Waals surface area (Å²) in [5.74, 6) is 0.